The van der Waals surface area contributed by atoms with Gasteiger partial charge >= 0.3 is 0 Å². The third kappa shape index (κ3) is 3.40. The number of benzene rings is 2. The van der Waals surface area contributed by atoms with Crippen LogP contribution in [-0.4, -0.2) is 23.4 Å². The lowest BCUT2D eigenvalue weighted by Gasteiger charge is -2.24. The fourth-order valence-electron chi connectivity index (χ4n) is 1.89. The van der Waals surface area contributed by atoms with Crippen molar-refractivity contribution >= 4 is 33.0 Å². The van der Waals surface area contributed by atoms with Crippen LogP contribution in [0.15, 0.2) is 54.6 Å². The predicted molar refractivity (Wildman–Crippen MR) is 86.1 cm³/mol. The molecule has 0 saturated heterocycles. The molecule has 3 nitrogen and oxygen atoms in total. The summed E-state index contributed by atoms with van der Waals surface area (Å²) in [6.07, 6.45) is -0.644. The Morgan fingerprint density at radius 2 is 1.43 bits per heavy atom. The van der Waals surface area contributed by atoms with Gasteiger partial charge in [0.2, 0.25) is 3.67 Å². The van der Waals surface area contributed by atoms with Gasteiger partial charge in [0.15, 0.2) is 9.84 Å². The number of aliphatic hydroxyl groups excluding tert-OH is 1. The lowest BCUT2D eigenvalue weighted by atomic mass is 10.0. The van der Waals surface area contributed by atoms with E-state index >= 15 is 0 Å². The van der Waals surface area contributed by atoms with Crippen molar-refractivity contribution in [3.8, 4) is 11.1 Å². The quantitative estimate of drug-likeness (QED) is 0.862. The van der Waals surface area contributed by atoms with Crippen LogP contribution in [0.25, 0.3) is 11.1 Å². The number of hydrogen-bond acceptors (Lipinski definition) is 3. The molecule has 0 aliphatic rings. The van der Waals surface area contributed by atoms with Crippen LogP contribution in [0.5, 0.6) is 0 Å². The molecule has 2 aromatic rings. The first kappa shape index (κ1) is 16.3. The van der Waals surface area contributed by atoms with Gasteiger partial charge in [0.1, 0.15) is 6.10 Å². The molecule has 0 aromatic heterocycles. The Morgan fingerprint density at radius 3 is 1.90 bits per heavy atom. The van der Waals surface area contributed by atoms with Crippen LogP contribution in [0, 0.1) is 0 Å². The minimum Gasteiger partial charge on any atom is -0.384 e. The summed E-state index contributed by atoms with van der Waals surface area (Å²) in [6.45, 7) is 0. The molecule has 1 atom stereocenters. The average molecular weight is 345 g/mol. The van der Waals surface area contributed by atoms with Gasteiger partial charge in [-0.1, -0.05) is 77.8 Å². The predicted octanol–water partition coefficient (Wildman–Crippen LogP) is 3.56. The minimum atomic E-state index is -3.83. The van der Waals surface area contributed by atoms with Crippen LogP contribution in [0.4, 0.5) is 0 Å². The Morgan fingerprint density at radius 1 is 0.952 bits per heavy atom. The summed E-state index contributed by atoms with van der Waals surface area (Å²) >= 11 is 11.6. The zero-order valence-electron chi connectivity index (χ0n) is 11.2. The SMILES string of the molecule is CS(=O)(=O)C(Cl)(Cl)[C@@H](O)c1ccc(-c2ccccc2)cc1. The number of alkyl halides is 2. The van der Waals surface area contributed by atoms with Gasteiger partial charge < -0.3 is 5.11 Å². The molecule has 0 unspecified atom stereocenters. The molecular weight excluding hydrogens is 331 g/mol. The van der Waals surface area contributed by atoms with E-state index in [-0.39, 0.29) is 0 Å². The van der Waals surface area contributed by atoms with Crippen molar-refractivity contribution < 1.29 is 13.5 Å². The van der Waals surface area contributed by atoms with Gasteiger partial charge in [-0.05, 0) is 16.7 Å². The van der Waals surface area contributed by atoms with Crippen molar-refractivity contribution in [1.82, 2.24) is 0 Å². The largest absolute Gasteiger partial charge is 0.384 e. The maximum absolute atomic E-state index is 11.5. The Bertz CT molecular complexity index is 710. The molecule has 0 aliphatic heterocycles. The first-order chi connectivity index (χ1) is 9.73. The van der Waals surface area contributed by atoms with E-state index in [1.807, 2.05) is 30.3 Å². The molecule has 112 valence electrons. The summed E-state index contributed by atoms with van der Waals surface area (Å²) in [5.41, 5.74) is 2.30. The molecule has 0 fully saturated rings. The summed E-state index contributed by atoms with van der Waals surface area (Å²) in [7, 11) is -3.83. The molecule has 1 N–H and O–H groups in total. The molecular formula is C15H14Cl2O3S. The van der Waals surface area contributed by atoms with Gasteiger partial charge in [0.05, 0.1) is 0 Å². The van der Waals surface area contributed by atoms with Crippen LogP contribution in [0.3, 0.4) is 0 Å². The summed E-state index contributed by atoms with van der Waals surface area (Å²) in [4.78, 5) is 0. The van der Waals surface area contributed by atoms with Crippen LogP contribution < -0.4 is 0 Å². The number of hydrogen-bond donors (Lipinski definition) is 1. The molecule has 0 bridgehead atoms. The highest BCUT2D eigenvalue weighted by atomic mass is 35.5. The fraction of sp³-hybridized carbons (Fsp3) is 0.200. The van der Waals surface area contributed by atoms with E-state index < -0.39 is 19.6 Å². The summed E-state index contributed by atoms with van der Waals surface area (Å²) in [6, 6.07) is 16.4. The zero-order valence-corrected chi connectivity index (χ0v) is 13.5. The van der Waals surface area contributed by atoms with Crippen molar-refractivity contribution in [1.29, 1.82) is 0 Å². The third-order valence-corrected chi connectivity index (χ3v) is 6.45. The lowest BCUT2D eigenvalue weighted by Crippen LogP contribution is -2.32. The number of rotatable bonds is 4. The summed E-state index contributed by atoms with van der Waals surface area (Å²) in [5.74, 6) is 0. The van der Waals surface area contributed by atoms with E-state index in [2.05, 4.69) is 0 Å². The van der Waals surface area contributed by atoms with E-state index in [1.54, 1.807) is 24.3 Å². The number of halogens is 2. The molecule has 21 heavy (non-hydrogen) atoms. The molecule has 6 heteroatoms. The monoisotopic (exact) mass is 344 g/mol. The fourth-order valence-corrected chi connectivity index (χ4v) is 2.68. The molecule has 2 aromatic carbocycles. The smallest absolute Gasteiger partial charge is 0.247 e. The van der Waals surface area contributed by atoms with Crippen LogP contribution in [-0.2, 0) is 9.84 Å². The molecule has 0 saturated carbocycles. The second-order valence-electron chi connectivity index (χ2n) is 4.72. The van der Waals surface area contributed by atoms with Gasteiger partial charge in [-0.15, -0.1) is 0 Å². The van der Waals surface area contributed by atoms with Gasteiger partial charge in [-0.25, -0.2) is 8.42 Å². The van der Waals surface area contributed by atoms with Crippen LogP contribution in [0.1, 0.15) is 11.7 Å². The summed E-state index contributed by atoms with van der Waals surface area (Å²) in [5, 5.41) is 10.1. The Labute approximate surface area is 134 Å². The molecule has 0 aliphatic carbocycles. The molecule has 0 amide bonds. The van der Waals surface area contributed by atoms with E-state index in [1.165, 1.54) is 0 Å². The van der Waals surface area contributed by atoms with E-state index in [0.29, 0.717) is 5.56 Å². The van der Waals surface area contributed by atoms with Crippen LogP contribution in [0.2, 0.25) is 0 Å². The van der Waals surface area contributed by atoms with Gasteiger partial charge in [0, 0.05) is 6.26 Å². The third-order valence-electron chi connectivity index (χ3n) is 3.15. The zero-order chi connectivity index (χ0) is 15.7. The highest BCUT2D eigenvalue weighted by Gasteiger charge is 2.44. The molecule has 0 heterocycles. The second-order valence-corrected chi connectivity index (χ2v) is 8.75. The second kappa shape index (κ2) is 5.97. The van der Waals surface area contributed by atoms with Crippen molar-refractivity contribution in [2.75, 3.05) is 6.26 Å². The highest BCUT2D eigenvalue weighted by Crippen LogP contribution is 2.40. The van der Waals surface area contributed by atoms with E-state index in [9.17, 15) is 13.5 Å². The number of sulfone groups is 1. The first-order valence-corrected chi connectivity index (χ1v) is 8.79. The van der Waals surface area contributed by atoms with Crippen molar-refractivity contribution in [2.45, 2.75) is 9.77 Å². The van der Waals surface area contributed by atoms with Gasteiger partial charge in [-0.2, -0.15) is 0 Å². The van der Waals surface area contributed by atoms with Crippen LogP contribution >= 0.6 is 23.2 Å². The maximum Gasteiger partial charge on any atom is 0.247 e. The minimum absolute atomic E-state index is 0.338. The number of aliphatic hydroxyl groups is 1. The topological polar surface area (TPSA) is 54.4 Å². The Hall–Kier alpha value is -1.07. The maximum atomic E-state index is 11.5. The van der Waals surface area contributed by atoms with Crippen molar-refractivity contribution in [3.05, 3.63) is 60.2 Å². The first-order valence-electron chi connectivity index (χ1n) is 6.14. The highest BCUT2D eigenvalue weighted by molar-refractivity contribution is 7.94. The Kier molecular flexibility index (Phi) is 4.63. The normalized spacial score (nSPS) is 13.9. The van der Waals surface area contributed by atoms with Gasteiger partial charge in [0.25, 0.3) is 0 Å². The average Bonchev–Trinajstić information content (AvgIpc) is 2.46. The summed E-state index contributed by atoms with van der Waals surface area (Å²) < 4.78 is 20.8. The lowest BCUT2D eigenvalue weighted by molar-refractivity contribution is 0.181. The van der Waals surface area contributed by atoms with Crippen molar-refractivity contribution in [3.63, 3.8) is 0 Å². The van der Waals surface area contributed by atoms with Gasteiger partial charge in [-0.3, -0.25) is 0 Å². The van der Waals surface area contributed by atoms with E-state index in [4.69, 9.17) is 23.2 Å². The molecule has 0 radical (unpaired) electrons. The molecule has 2 rings (SSSR count). The van der Waals surface area contributed by atoms with E-state index in [0.717, 1.165) is 17.4 Å². The molecule has 0 spiro atoms. The van der Waals surface area contributed by atoms with Crippen molar-refractivity contribution in [2.24, 2.45) is 0 Å². The standard InChI is InChI=1S/C15H14Cl2O3S/c1-21(19,20)15(16,17)14(18)13-9-7-12(8-10-13)11-5-3-2-4-6-11/h2-10,14,18H,1H3/t14-/m0/s1. The Balaban J connectivity index is 2.32.